The maximum atomic E-state index is 6.14. The highest BCUT2D eigenvalue weighted by molar-refractivity contribution is 6.75. The van der Waals surface area contributed by atoms with Gasteiger partial charge in [-0.15, -0.1) is 0 Å². The molecular weight excluding hydrogens is 340 g/mol. The maximum absolute atomic E-state index is 6.14. The quantitative estimate of drug-likeness (QED) is 0.327. The number of ether oxygens (including phenoxy) is 3. The van der Waals surface area contributed by atoms with Gasteiger partial charge in [0.25, 0.3) is 0 Å². The van der Waals surface area contributed by atoms with Crippen molar-refractivity contribution in [3.05, 3.63) is 30.3 Å². The van der Waals surface area contributed by atoms with E-state index in [-0.39, 0.29) is 0 Å². The summed E-state index contributed by atoms with van der Waals surface area (Å²) >= 11 is 0. The fourth-order valence-corrected chi connectivity index (χ4v) is 4.56. The molecule has 0 radical (unpaired) electrons. The highest BCUT2D eigenvalue weighted by atomic mass is 28.4. The van der Waals surface area contributed by atoms with E-state index in [4.69, 9.17) is 27.5 Å². The van der Waals surface area contributed by atoms with E-state index in [0.717, 1.165) is 5.19 Å². The molecule has 0 saturated heterocycles. The van der Waals surface area contributed by atoms with Gasteiger partial charge in [-0.05, 0) is 20.8 Å². The van der Waals surface area contributed by atoms with Crippen LogP contribution in [0.1, 0.15) is 20.8 Å². The average molecular weight is 373 g/mol. The molecule has 0 N–H and O–H groups in total. The molecule has 0 fully saturated rings. The summed E-state index contributed by atoms with van der Waals surface area (Å²) in [4.78, 5) is 0. The molecule has 0 amide bonds. The molecule has 0 spiro atoms. The molecule has 0 aliphatic rings. The zero-order valence-corrected chi connectivity index (χ0v) is 16.7. The Morgan fingerprint density at radius 1 is 0.600 bits per heavy atom. The molecular formula is C18H32O6Si. The van der Waals surface area contributed by atoms with Crippen LogP contribution in [0.3, 0.4) is 0 Å². The highest BCUT2D eigenvalue weighted by Gasteiger charge is 2.44. The molecule has 0 heterocycles. The van der Waals surface area contributed by atoms with Crippen LogP contribution in [-0.2, 0) is 27.5 Å². The van der Waals surface area contributed by atoms with Crippen molar-refractivity contribution in [1.82, 2.24) is 0 Å². The van der Waals surface area contributed by atoms with Gasteiger partial charge in [0.1, 0.15) is 0 Å². The lowest BCUT2D eigenvalue weighted by atomic mass is 10.4. The third kappa shape index (κ3) is 8.91. The van der Waals surface area contributed by atoms with E-state index in [2.05, 4.69) is 0 Å². The average Bonchev–Trinajstić information content (AvgIpc) is 2.66. The van der Waals surface area contributed by atoms with Crippen molar-refractivity contribution in [3.63, 3.8) is 0 Å². The molecule has 144 valence electrons. The van der Waals surface area contributed by atoms with Crippen molar-refractivity contribution < 1.29 is 27.5 Å². The summed E-state index contributed by atoms with van der Waals surface area (Å²) in [5.41, 5.74) is 0. The Kier molecular flexibility index (Phi) is 12.8. The first-order valence-electron chi connectivity index (χ1n) is 8.99. The number of hydrogen-bond donors (Lipinski definition) is 0. The van der Waals surface area contributed by atoms with Crippen molar-refractivity contribution in [3.8, 4) is 0 Å². The minimum atomic E-state index is -3.06. The molecule has 0 bridgehead atoms. The predicted molar refractivity (Wildman–Crippen MR) is 99.2 cm³/mol. The monoisotopic (exact) mass is 372 g/mol. The van der Waals surface area contributed by atoms with Crippen LogP contribution >= 0.6 is 0 Å². The third-order valence-corrected chi connectivity index (χ3v) is 6.09. The van der Waals surface area contributed by atoms with Crippen molar-refractivity contribution in [2.24, 2.45) is 0 Å². The first-order valence-corrected chi connectivity index (χ1v) is 10.7. The van der Waals surface area contributed by atoms with Crippen LogP contribution in [0.15, 0.2) is 30.3 Å². The Bertz CT molecular complexity index is 386. The summed E-state index contributed by atoms with van der Waals surface area (Å²) in [5, 5.41) is 0.930. The van der Waals surface area contributed by atoms with Gasteiger partial charge in [-0.3, -0.25) is 0 Å². The van der Waals surface area contributed by atoms with Crippen LogP contribution in [0.25, 0.3) is 0 Å². The second kappa shape index (κ2) is 14.4. The van der Waals surface area contributed by atoms with Crippen LogP contribution < -0.4 is 5.19 Å². The van der Waals surface area contributed by atoms with E-state index >= 15 is 0 Å². The van der Waals surface area contributed by atoms with Gasteiger partial charge in [0.15, 0.2) is 0 Å². The minimum Gasteiger partial charge on any atom is -0.379 e. The van der Waals surface area contributed by atoms with Crippen LogP contribution in [0.4, 0.5) is 0 Å². The van der Waals surface area contributed by atoms with E-state index in [9.17, 15) is 0 Å². The lowest BCUT2D eigenvalue weighted by molar-refractivity contribution is 0.0120. The second-order valence-electron chi connectivity index (χ2n) is 5.06. The zero-order valence-electron chi connectivity index (χ0n) is 15.7. The Morgan fingerprint density at radius 2 is 1.00 bits per heavy atom. The van der Waals surface area contributed by atoms with Crippen LogP contribution in [-0.4, -0.2) is 68.3 Å². The third-order valence-electron chi connectivity index (χ3n) is 3.30. The van der Waals surface area contributed by atoms with Crippen molar-refractivity contribution in [2.45, 2.75) is 20.8 Å². The van der Waals surface area contributed by atoms with Crippen LogP contribution in [0, 0.1) is 0 Å². The van der Waals surface area contributed by atoms with Gasteiger partial charge in [0.05, 0.1) is 39.6 Å². The fourth-order valence-electron chi connectivity index (χ4n) is 2.16. The standard InChI is InChI=1S/C18H32O6Si/c1-4-19-12-15-22-25(23-16-13-20-5-2,24-17-14-21-6-3)18-10-8-7-9-11-18/h7-11H,4-6,12-17H2,1-3H3. The van der Waals surface area contributed by atoms with Gasteiger partial charge in [-0.2, -0.15) is 0 Å². The maximum Gasteiger partial charge on any atom is 0.537 e. The van der Waals surface area contributed by atoms with Gasteiger partial charge >= 0.3 is 8.80 Å². The first-order chi connectivity index (χ1) is 12.3. The van der Waals surface area contributed by atoms with Gasteiger partial charge < -0.3 is 27.5 Å². The summed E-state index contributed by atoms with van der Waals surface area (Å²) < 4.78 is 34.6. The highest BCUT2D eigenvalue weighted by Crippen LogP contribution is 2.11. The Hall–Kier alpha value is -0.803. The second-order valence-corrected chi connectivity index (χ2v) is 7.61. The number of benzene rings is 1. The lowest BCUT2D eigenvalue weighted by Crippen LogP contribution is -2.58. The minimum absolute atomic E-state index is 0.415. The summed E-state index contributed by atoms with van der Waals surface area (Å²) in [6.07, 6.45) is 0. The van der Waals surface area contributed by atoms with E-state index < -0.39 is 8.80 Å². The van der Waals surface area contributed by atoms with E-state index in [0.29, 0.717) is 59.5 Å². The molecule has 25 heavy (non-hydrogen) atoms. The first kappa shape index (κ1) is 22.2. The normalized spacial score (nSPS) is 11.8. The van der Waals surface area contributed by atoms with Crippen molar-refractivity contribution >= 4 is 14.0 Å². The molecule has 7 heteroatoms. The lowest BCUT2D eigenvalue weighted by Gasteiger charge is -2.30. The van der Waals surface area contributed by atoms with Gasteiger partial charge in [-0.25, -0.2) is 0 Å². The SMILES string of the molecule is CCOCCO[Si](OCCOCC)(OCCOCC)c1ccccc1. The smallest absolute Gasteiger partial charge is 0.379 e. The molecule has 0 aliphatic carbocycles. The summed E-state index contributed by atoms with van der Waals surface area (Å²) in [5.74, 6) is 0. The molecule has 0 saturated carbocycles. The Labute approximate surface area is 152 Å². The van der Waals surface area contributed by atoms with Gasteiger partial charge in [0, 0.05) is 25.0 Å². The van der Waals surface area contributed by atoms with Crippen LogP contribution in [0.5, 0.6) is 0 Å². The van der Waals surface area contributed by atoms with Crippen molar-refractivity contribution in [2.75, 3.05) is 59.5 Å². The Balaban J connectivity index is 2.82. The fraction of sp³-hybridized carbons (Fsp3) is 0.667. The topological polar surface area (TPSA) is 55.4 Å². The number of rotatable bonds is 16. The van der Waals surface area contributed by atoms with E-state index in [1.54, 1.807) is 0 Å². The molecule has 0 unspecified atom stereocenters. The van der Waals surface area contributed by atoms with Crippen LogP contribution in [0.2, 0.25) is 0 Å². The molecule has 0 atom stereocenters. The summed E-state index contributed by atoms with van der Waals surface area (Å²) in [6, 6.07) is 9.84. The molecule has 1 rings (SSSR count). The van der Waals surface area contributed by atoms with Gasteiger partial charge in [0.2, 0.25) is 0 Å². The Morgan fingerprint density at radius 3 is 1.36 bits per heavy atom. The number of hydrogen-bond acceptors (Lipinski definition) is 6. The van der Waals surface area contributed by atoms with Gasteiger partial charge in [-0.1, -0.05) is 30.3 Å². The molecule has 0 aliphatic heterocycles. The molecule has 6 nitrogen and oxygen atoms in total. The largest absolute Gasteiger partial charge is 0.537 e. The summed E-state index contributed by atoms with van der Waals surface area (Å²) in [7, 11) is -3.06. The van der Waals surface area contributed by atoms with E-state index in [1.165, 1.54) is 0 Å². The summed E-state index contributed by atoms with van der Waals surface area (Å²) in [6.45, 7) is 10.6. The molecule has 0 aromatic heterocycles. The molecule has 1 aromatic rings. The zero-order chi connectivity index (χ0) is 18.2. The molecule has 1 aromatic carbocycles. The predicted octanol–water partition coefficient (Wildman–Crippen LogP) is 1.99. The van der Waals surface area contributed by atoms with Crippen molar-refractivity contribution in [1.29, 1.82) is 0 Å². The van der Waals surface area contributed by atoms with E-state index in [1.807, 2.05) is 51.1 Å².